The molecule has 4 N–H and O–H groups in total. The number of benzene rings is 1. The molecule has 1 aliphatic heterocycles. The molecule has 1 fully saturated rings. The predicted molar refractivity (Wildman–Crippen MR) is 98.9 cm³/mol. The summed E-state index contributed by atoms with van der Waals surface area (Å²) in [7, 11) is -3.20. The Morgan fingerprint density at radius 2 is 1.85 bits per heavy atom. The van der Waals surface area contributed by atoms with Crippen LogP contribution in [0.1, 0.15) is 25.3 Å². The first-order valence-corrected chi connectivity index (χ1v) is 10.3. The fraction of sp³-hybridized carbons (Fsp3) is 0.529. The molecular formula is C17H26N4O4S. The third kappa shape index (κ3) is 5.70. The zero-order valence-corrected chi connectivity index (χ0v) is 15.7. The van der Waals surface area contributed by atoms with Crippen molar-refractivity contribution in [1.29, 1.82) is 0 Å². The maximum absolute atomic E-state index is 12.6. The molecule has 0 radical (unpaired) electrons. The number of carbonyl (C=O) groups is 2. The Morgan fingerprint density at radius 1 is 1.23 bits per heavy atom. The molecule has 1 aromatic carbocycles. The van der Waals surface area contributed by atoms with Crippen LogP contribution in [0.15, 0.2) is 30.3 Å². The fourth-order valence-corrected chi connectivity index (χ4v) is 4.13. The van der Waals surface area contributed by atoms with Crippen LogP contribution in [0.5, 0.6) is 0 Å². The highest BCUT2D eigenvalue weighted by molar-refractivity contribution is 7.89. The number of rotatable bonds is 7. The summed E-state index contributed by atoms with van der Waals surface area (Å²) in [6.07, 6.45) is 1.41. The van der Waals surface area contributed by atoms with Crippen molar-refractivity contribution in [3.8, 4) is 0 Å². The number of nitrogens with zero attached hydrogens (tertiary/aromatic N) is 1. The van der Waals surface area contributed by atoms with Gasteiger partial charge in [0, 0.05) is 25.6 Å². The minimum atomic E-state index is -3.20. The van der Waals surface area contributed by atoms with E-state index in [9.17, 15) is 18.0 Å². The number of primary amides is 1. The molecule has 26 heavy (non-hydrogen) atoms. The van der Waals surface area contributed by atoms with Gasteiger partial charge in [-0.25, -0.2) is 17.5 Å². The van der Waals surface area contributed by atoms with Gasteiger partial charge in [-0.15, -0.1) is 0 Å². The Morgan fingerprint density at radius 3 is 2.38 bits per heavy atom. The van der Waals surface area contributed by atoms with E-state index in [0.717, 1.165) is 5.56 Å². The average Bonchev–Trinajstić information content (AvgIpc) is 2.62. The molecule has 1 heterocycles. The number of urea groups is 1. The third-order valence-corrected chi connectivity index (χ3v) is 6.36. The van der Waals surface area contributed by atoms with Crippen LogP contribution in [0, 0.1) is 0 Å². The van der Waals surface area contributed by atoms with Crippen molar-refractivity contribution in [2.75, 3.05) is 18.8 Å². The normalized spacial score (nSPS) is 17.4. The first-order valence-electron chi connectivity index (χ1n) is 8.70. The second kappa shape index (κ2) is 9.00. The van der Waals surface area contributed by atoms with Crippen molar-refractivity contribution in [3.05, 3.63) is 35.9 Å². The summed E-state index contributed by atoms with van der Waals surface area (Å²) in [4.78, 5) is 23.8. The lowest BCUT2D eigenvalue weighted by atomic mass is 10.0. The van der Waals surface area contributed by atoms with Crippen LogP contribution < -0.4 is 16.4 Å². The van der Waals surface area contributed by atoms with Gasteiger partial charge >= 0.3 is 6.03 Å². The van der Waals surface area contributed by atoms with E-state index in [4.69, 9.17) is 5.73 Å². The van der Waals surface area contributed by atoms with Crippen LogP contribution >= 0.6 is 0 Å². The first-order chi connectivity index (χ1) is 12.3. The van der Waals surface area contributed by atoms with E-state index < -0.39 is 22.1 Å². The van der Waals surface area contributed by atoms with E-state index in [-0.39, 0.29) is 17.7 Å². The number of sulfonamides is 1. The first kappa shape index (κ1) is 20.2. The van der Waals surface area contributed by atoms with Gasteiger partial charge < -0.3 is 16.4 Å². The van der Waals surface area contributed by atoms with Crippen LogP contribution in [-0.4, -0.2) is 55.6 Å². The largest absolute Gasteiger partial charge is 0.352 e. The highest BCUT2D eigenvalue weighted by Crippen LogP contribution is 2.15. The standard InChI is InChI=1S/C17H26N4O4S/c1-2-26(24,25)21-10-8-14(9-11-21)19-16(22)15(20-17(18)23)12-13-6-4-3-5-7-13/h3-7,14-15H,2,8-12H2,1H3,(H,19,22)(H3,18,20,23). The number of carbonyl (C=O) groups excluding carboxylic acids is 2. The maximum atomic E-state index is 12.6. The SMILES string of the molecule is CCS(=O)(=O)N1CCC(NC(=O)C(Cc2ccccc2)NC(N)=O)CC1. The molecule has 1 unspecified atom stereocenters. The molecule has 1 saturated heterocycles. The predicted octanol–water partition coefficient (Wildman–Crippen LogP) is 0.196. The molecule has 1 atom stereocenters. The second-order valence-corrected chi connectivity index (χ2v) is 8.59. The van der Waals surface area contributed by atoms with Crippen molar-refractivity contribution in [2.45, 2.75) is 38.3 Å². The molecule has 0 aliphatic carbocycles. The van der Waals surface area contributed by atoms with Gasteiger partial charge in [0.1, 0.15) is 6.04 Å². The molecule has 1 aromatic rings. The molecule has 1 aliphatic rings. The minimum absolute atomic E-state index is 0.0751. The van der Waals surface area contributed by atoms with E-state index in [1.165, 1.54) is 4.31 Å². The molecular weight excluding hydrogens is 356 g/mol. The summed E-state index contributed by atoms with van der Waals surface area (Å²) in [5.41, 5.74) is 6.10. The lowest BCUT2D eigenvalue weighted by molar-refractivity contribution is -0.123. The summed E-state index contributed by atoms with van der Waals surface area (Å²) in [5.74, 6) is -0.240. The Kier molecular flexibility index (Phi) is 6.98. The summed E-state index contributed by atoms with van der Waals surface area (Å²) in [5, 5.41) is 5.38. The van der Waals surface area contributed by atoms with Gasteiger partial charge in [-0.05, 0) is 25.3 Å². The zero-order chi connectivity index (χ0) is 19.2. The number of nitrogens with one attached hydrogen (secondary N) is 2. The summed E-state index contributed by atoms with van der Waals surface area (Å²) >= 11 is 0. The Labute approximate surface area is 154 Å². The Hall–Kier alpha value is -2.13. The Balaban J connectivity index is 1.94. The fourth-order valence-electron chi connectivity index (χ4n) is 2.99. The maximum Gasteiger partial charge on any atom is 0.312 e. The summed E-state index contributed by atoms with van der Waals surface area (Å²) < 4.78 is 25.2. The highest BCUT2D eigenvalue weighted by atomic mass is 32.2. The number of piperidine rings is 1. The van der Waals surface area contributed by atoms with E-state index >= 15 is 0 Å². The number of hydrogen-bond donors (Lipinski definition) is 3. The summed E-state index contributed by atoms with van der Waals surface area (Å²) in [6, 6.07) is 7.68. The smallest absolute Gasteiger partial charge is 0.312 e. The molecule has 0 aromatic heterocycles. The molecule has 0 spiro atoms. The quantitative estimate of drug-likeness (QED) is 0.623. The van der Waals surface area contributed by atoms with Crippen molar-refractivity contribution < 1.29 is 18.0 Å². The molecule has 2 rings (SSSR count). The van der Waals surface area contributed by atoms with Gasteiger partial charge in [-0.2, -0.15) is 0 Å². The Bertz CT molecular complexity index is 716. The number of amides is 3. The van der Waals surface area contributed by atoms with Gasteiger partial charge in [-0.1, -0.05) is 30.3 Å². The van der Waals surface area contributed by atoms with Gasteiger partial charge in [-0.3, -0.25) is 4.79 Å². The molecule has 0 bridgehead atoms. The monoisotopic (exact) mass is 382 g/mol. The zero-order valence-electron chi connectivity index (χ0n) is 14.8. The van der Waals surface area contributed by atoms with Crippen molar-refractivity contribution in [2.24, 2.45) is 5.73 Å². The highest BCUT2D eigenvalue weighted by Gasteiger charge is 2.29. The molecule has 144 valence electrons. The van der Waals surface area contributed by atoms with Gasteiger partial charge in [0.05, 0.1) is 5.75 Å². The van der Waals surface area contributed by atoms with Crippen LogP contribution in [0.25, 0.3) is 0 Å². The molecule has 3 amide bonds. The van der Waals surface area contributed by atoms with Crippen LogP contribution in [0.4, 0.5) is 4.79 Å². The van der Waals surface area contributed by atoms with Gasteiger partial charge in [0.25, 0.3) is 0 Å². The van der Waals surface area contributed by atoms with Crippen LogP contribution in [0.2, 0.25) is 0 Å². The molecule has 9 heteroatoms. The van der Waals surface area contributed by atoms with Crippen molar-refractivity contribution in [3.63, 3.8) is 0 Å². The summed E-state index contributed by atoms with van der Waals surface area (Å²) in [6.45, 7) is 2.38. The number of hydrogen-bond acceptors (Lipinski definition) is 4. The number of nitrogens with two attached hydrogens (primary N) is 1. The van der Waals surface area contributed by atoms with E-state index in [2.05, 4.69) is 10.6 Å². The lowest BCUT2D eigenvalue weighted by Gasteiger charge is -2.32. The molecule has 8 nitrogen and oxygen atoms in total. The van der Waals surface area contributed by atoms with Crippen molar-refractivity contribution >= 4 is 22.0 Å². The molecule has 0 saturated carbocycles. The van der Waals surface area contributed by atoms with E-state index in [0.29, 0.717) is 32.4 Å². The third-order valence-electron chi connectivity index (χ3n) is 4.47. The van der Waals surface area contributed by atoms with E-state index in [1.807, 2.05) is 30.3 Å². The van der Waals surface area contributed by atoms with Crippen LogP contribution in [-0.2, 0) is 21.2 Å². The second-order valence-electron chi connectivity index (χ2n) is 6.33. The topological polar surface area (TPSA) is 122 Å². The lowest BCUT2D eigenvalue weighted by Crippen LogP contribution is -2.54. The average molecular weight is 382 g/mol. The minimum Gasteiger partial charge on any atom is -0.352 e. The van der Waals surface area contributed by atoms with Crippen LogP contribution in [0.3, 0.4) is 0 Å². The van der Waals surface area contributed by atoms with Crippen molar-refractivity contribution in [1.82, 2.24) is 14.9 Å². The van der Waals surface area contributed by atoms with Gasteiger partial charge in [0.2, 0.25) is 15.9 Å². The van der Waals surface area contributed by atoms with Gasteiger partial charge in [0.15, 0.2) is 0 Å². The van der Waals surface area contributed by atoms with E-state index in [1.54, 1.807) is 6.92 Å².